The standard InChI is InChI=1S/C9H15N5O3S2/c1-5(15)11-8-12-13-9(18-8)19(16,17)14-7-4-2-3-6(7)10/h6-7,14H,2-4,10H2,1H3,(H,11,12,15). The maximum Gasteiger partial charge on any atom is 0.270 e. The second kappa shape index (κ2) is 5.49. The molecular weight excluding hydrogens is 290 g/mol. The van der Waals surface area contributed by atoms with Crippen molar-refractivity contribution in [1.82, 2.24) is 14.9 Å². The van der Waals surface area contributed by atoms with Crippen LogP contribution in [0.3, 0.4) is 0 Å². The van der Waals surface area contributed by atoms with E-state index in [2.05, 4.69) is 20.2 Å². The number of hydrogen-bond acceptors (Lipinski definition) is 7. The summed E-state index contributed by atoms with van der Waals surface area (Å²) in [4.78, 5) is 10.8. The minimum Gasteiger partial charge on any atom is -0.326 e. The molecule has 19 heavy (non-hydrogen) atoms. The molecule has 2 rings (SSSR count). The first-order chi connectivity index (χ1) is 8.88. The number of nitrogens with one attached hydrogen (secondary N) is 2. The predicted octanol–water partition coefficient (Wildman–Crippen LogP) is -0.345. The van der Waals surface area contributed by atoms with Crippen LogP contribution in [0, 0.1) is 0 Å². The van der Waals surface area contributed by atoms with Gasteiger partial charge < -0.3 is 11.1 Å². The average Bonchev–Trinajstić information content (AvgIpc) is 2.88. The van der Waals surface area contributed by atoms with Crippen molar-refractivity contribution < 1.29 is 13.2 Å². The smallest absolute Gasteiger partial charge is 0.270 e. The second-order valence-corrected chi connectivity index (χ2v) is 7.24. The van der Waals surface area contributed by atoms with Gasteiger partial charge in [-0.1, -0.05) is 17.8 Å². The van der Waals surface area contributed by atoms with Gasteiger partial charge in [0.1, 0.15) is 0 Å². The Morgan fingerprint density at radius 1 is 1.42 bits per heavy atom. The van der Waals surface area contributed by atoms with E-state index >= 15 is 0 Å². The molecule has 10 heteroatoms. The Labute approximate surface area is 114 Å². The molecule has 1 heterocycles. The Morgan fingerprint density at radius 3 is 2.74 bits per heavy atom. The summed E-state index contributed by atoms with van der Waals surface area (Å²) >= 11 is 0.807. The molecule has 0 aromatic carbocycles. The molecule has 4 N–H and O–H groups in total. The van der Waals surface area contributed by atoms with E-state index in [9.17, 15) is 13.2 Å². The van der Waals surface area contributed by atoms with Gasteiger partial charge >= 0.3 is 0 Å². The number of aromatic nitrogens is 2. The monoisotopic (exact) mass is 305 g/mol. The molecule has 1 amide bonds. The SMILES string of the molecule is CC(=O)Nc1nnc(S(=O)(=O)NC2CCCC2N)s1. The van der Waals surface area contributed by atoms with Crippen LogP contribution in [0.4, 0.5) is 5.13 Å². The zero-order valence-electron chi connectivity index (χ0n) is 10.3. The summed E-state index contributed by atoms with van der Waals surface area (Å²) in [5.74, 6) is -0.328. The minimum absolute atomic E-state index is 0.156. The number of carbonyl (C=O) groups excluding carboxylic acids is 1. The van der Waals surface area contributed by atoms with Gasteiger partial charge in [0.15, 0.2) is 0 Å². The van der Waals surface area contributed by atoms with Gasteiger partial charge in [-0.15, -0.1) is 10.2 Å². The third-order valence-electron chi connectivity index (χ3n) is 2.80. The van der Waals surface area contributed by atoms with Crippen molar-refractivity contribution in [2.24, 2.45) is 5.73 Å². The molecule has 0 radical (unpaired) electrons. The number of amides is 1. The van der Waals surface area contributed by atoms with Gasteiger partial charge in [0.2, 0.25) is 15.4 Å². The highest BCUT2D eigenvalue weighted by Gasteiger charge is 2.30. The maximum atomic E-state index is 12.1. The van der Waals surface area contributed by atoms with Crippen LogP contribution in [0.25, 0.3) is 0 Å². The summed E-state index contributed by atoms with van der Waals surface area (Å²) in [6.07, 6.45) is 2.43. The van der Waals surface area contributed by atoms with Gasteiger partial charge in [-0.25, -0.2) is 13.1 Å². The summed E-state index contributed by atoms with van der Waals surface area (Å²) < 4.78 is 26.5. The normalized spacial score (nSPS) is 23.5. The number of rotatable bonds is 4. The first-order valence-corrected chi connectivity index (χ1v) is 8.07. The topological polar surface area (TPSA) is 127 Å². The number of nitrogens with two attached hydrogens (primary N) is 1. The van der Waals surface area contributed by atoms with Crippen molar-refractivity contribution in [3.63, 3.8) is 0 Å². The van der Waals surface area contributed by atoms with Crippen molar-refractivity contribution in [3.05, 3.63) is 0 Å². The molecule has 8 nitrogen and oxygen atoms in total. The van der Waals surface area contributed by atoms with Crippen LogP contribution < -0.4 is 15.8 Å². The van der Waals surface area contributed by atoms with Crippen molar-refractivity contribution in [2.45, 2.75) is 42.6 Å². The van der Waals surface area contributed by atoms with Crippen molar-refractivity contribution in [3.8, 4) is 0 Å². The molecule has 106 valence electrons. The molecule has 2 unspecified atom stereocenters. The maximum absolute atomic E-state index is 12.1. The number of nitrogens with zero attached hydrogens (tertiary/aromatic N) is 2. The molecule has 0 bridgehead atoms. The highest BCUT2D eigenvalue weighted by atomic mass is 32.2. The van der Waals surface area contributed by atoms with Gasteiger partial charge in [0, 0.05) is 19.0 Å². The fraction of sp³-hybridized carbons (Fsp3) is 0.667. The van der Waals surface area contributed by atoms with E-state index in [1.807, 2.05) is 0 Å². The lowest BCUT2D eigenvalue weighted by Crippen LogP contribution is -2.43. The molecule has 1 saturated carbocycles. The van der Waals surface area contributed by atoms with Crippen LogP contribution >= 0.6 is 11.3 Å². The quantitative estimate of drug-likeness (QED) is 0.653. The van der Waals surface area contributed by atoms with Crippen molar-refractivity contribution >= 4 is 32.4 Å². The number of anilines is 1. The molecule has 0 aliphatic heterocycles. The summed E-state index contributed by atoms with van der Waals surface area (Å²) in [6.45, 7) is 1.31. The van der Waals surface area contributed by atoms with E-state index in [0.717, 1.165) is 30.6 Å². The molecule has 2 atom stereocenters. The highest BCUT2D eigenvalue weighted by molar-refractivity contribution is 7.91. The first-order valence-electron chi connectivity index (χ1n) is 5.77. The molecule has 1 aromatic rings. The molecule has 1 aliphatic carbocycles. The van der Waals surface area contributed by atoms with E-state index in [-0.39, 0.29) is 27.5 Å². The Bertz CT molecular complexity index is 570. The Morgan fingerprint density at radius 2 is 2.16 bits per heavy atom. The van der Waals surface area contributed by atoms with E-state index in [0.29, 0.717) is 0 Å². The van der Waals surface area contributed by atoms with Gasteiger partial charge in [-0.3, -0.25) is 4.79 Å². The lowest BCUT2D eigenvalue weighted by Gasteiger charge is -2.15. The fourth-order valence-electron chi connectivity index (χ4n) is 1.90. The van der Waals surface area contributed by atoms with Gasteiger partial charge in [0.25, 0.3) is 10.0 Å². The summed E-state index contributed by atoms with van der Waals surface area (Å²) in [6, 6.07) is -0.435. The fourth-order valence-corrected chi connectivity index (χ4v) is 4.19. The average molecular weight is 305 g/mol. The molecule has 1 fully saturated rings. The number of carbonyl (C=O) groups is 1. The van der Waals surface area contributed by atoms with E-state index < -0.39 is 10.0 Å². The number of hydrogen-bond donors (Lipinski definition) is 3. The summed E-state index contributed by atoms with van der Waals surface area (Å²) in [5, 5.41) is 9.72. The third-order valence-corrected chi connectivity index (χ3v) is 5.49. The molecule has 0 spiro atoms. The Kier molecular flexibility index (Phi) is 4.13. The molecule has 1 aromatic heterocycles. The zero-order valence-corrected chi connectivity index (χ0v) is 11.9. The molecular formula is C9H15N5O3S2. The van der Waals surface area contributed by atoms with E-state index in [4.69, 9.17) is 5.73 Å². The zero-order chi connectivity index (χ0) is 14.0. The molecule has 0 saturated heterocycles. The summed E-state index contributed by atoms with van der Waals surface area (Å²) in [5.41, 5.74) is 5.82. The minimum atomic E-state index is -3.73. The van der Waals surface area contributed by atoms with Crippen LogP contribution in [-0.2, 0) is 14.8 Å². The number of sulfonamides is 1. The van der Waals surface area contributed by atoms with Gasteiger partial charge in [0.05, 0.1) is 0 Å². The highest BCUT2D eigenvalue weighted by Crippen LogP contribution is 2.23. The van der Waals surface area contributed by atoms with Crippen LogP contribution in [0.2, 0.25) is 0 Å². The van der Waals surface area contributed by atoms with Crippen LogP contribution in [0.15, 0.2) is 4.34 Å². The first kappa shape index (κ1) is 14.3. The third kappa shape index (κ3) is 3.47. The van der Waals surface area contributed by atoms with Gasteiger partial charge in [-0.05, 0) is 12.8 Å². The van der Waals surface area contributed by atoms with Crippen LogP contribution in [0.5, 0.6) is 0 Å². The van der Waals surface area contributed by atoms with Crippen LogP contribution in [0.1, 0.15) is 26.2 Å². The Hall–Kier alpha value is -1.10. The Balaban J connectivity index is 2.10. The van der Waals surface area contributed by atoms with E-state index in [1.54, 1.807) is 0 Å². The lowest BCUT2D eigenvalue weighted by molar-refractivity contribution is -0.114. The summed E-state index contributed by atoms with van der Waals surface area (Å²) in [7, 11) is -3.73. The van der Waals surface area contributed by atoms with Crippen molar-refractivity contribution in [1.29, 1.82) is 0 Å². The lowest BCUT2D eigenvalue weighted by atomic mass is 10.2. The predicted molar refractivity (Wildman–Crippen MR) is 70.1 cm³/mol. The molecule has 1 aliphatic rings. The second-order valence-electron chi connectivity index (χ2n) is 4.38. The largest absolute Gasteiger partial charge is 0.326 e. The van der Waals surface area contributed by atoms with E-state index in [1.165, 1.54) is 6.92 Å². The van der Waals surface area contributed by atoms with Gasteiger partial charge in [-0.2, -0.15) is 0 Å². The van der Waals surface area contributed by atoms with Crippen LogP contribution in [-0.4, -0.2) is 36.6 Å². The van der Waals surface area contributed by atoms with Crippen molar-refractivity contribution in [2.75, 3.05) is 5.32 Å².